The summed E-state index contributed by atoms with van der Waals surface area (Å²) >= 11 is 5.82. The lowest BCUT2D eigenvalue weighted by Crippen LogP contribution is -2.17. The van der Waals surface area contributed by atoms with E-state index < -0.39 is 5.97 Å². The Kier molecular flexibility index (Phi) is 6.55. The zero-order chi connectivity index (χ0) is 20.6. The number of methoxy groups -OCH3 is 1. The molecule has 8 heteroatoms. The van der Waals surface area contributed by atoms with Crippen LogP contribution in [0.15, 0.2) is 72.1 Å². The predicted octanol–water partition coefficient (Wildman–Crippen LogP) is 3.73. The Hall–Kier alpha value is -3.71. The van der Waals surface area contributed by atoms with Crippen molar-refractivity contribution in [3.63, 3.8) is 0 Å². The molecule has 0 aliphatic rings. The van der Waals surface area contributed by atoms with Crippen LogP contribution in [0.3, 0.4) is 0 Å². The van der Waals surface area contributed by atoms with Gasteiger partial charge in [-0.3, -0.25) is 9.78 Å². The highest BCUT2D eigenvalue weighted by Gasteiger charge is 2.13. The van der Waals surface area contributed by atoms with Gasteiger partial charge in [-0.1, -0.05) is 11.6 Å². The molecule has 2 aromatic carbocycles. The largest absolute Gasteiger partial charge is 0.493 e. The minimum atomic E-state index is -0.537. The molecule has 1 heterocycles. The van der Waals surface area contributed by atoms with Crippen LogP contribution in [0.1, 0.15) is 26.3 Å². The zero-order valence-corrected chi connectivity index (χ0v) is 16.1. The summed E-state index contributed by atoms with van der Waals surface area (Å²) in [6, 6.07) is 14.5. The third kappa shape index (κ3) is 5.40. The summed E-state index contributed by atoms with van der Waals surface area (Å²) in [5, 5.41) is 4.44. The van der Waals surface area contributed by atoms with Crippen LogP contribution in [0.2, 0.25) is 5.02 Å². The van der Waals surface area contributed by atoms with Crippen molar-refractivity contribution in [2.75, 3.05) is 7.11 Å². The van der Waals surface area contributed by atoms with Crippen molar-refractivity contribution in [1.29, 1.82) is 0 Å². The summed E-state index contributed by atoms with van der Waals surface area (Å²) in [6.45, 7) is 0. The lowest BCUT2D eigenvalue weighted by molar-refractivity contribution is 0.0729. The number of hydrogen-bond acceptors (Lipinski definition) is 6. The van der Waals surface area contributed by atoms with Crippen LogP contribution in [0.4, 0.5) is 0 Å². The maximum atomic E-state index is 12.3. The lowest BCUT2D eigenvalue weighted by atomic mass is 10.2. The van der Waals surface area contributed by atoms with Gasteiger partial charge in [0.25, 0.3) is 5.91 Å². The Morgan fingerprint density at radius 1 is 1.07 bits per heavy atom. The molecule has 146 valence electrons. The van der Waals surface area contributed by atoms with Gasteiger partial charge in [0.2, 0.25) is 0 Å². The monoisotopic (exact) mass is 409 g/mol. The van der Waals surface area contributed by atoms with E-state index in [2.05, 4.69) is 15.5 Å². The summed E-state index contributed by atoms with van der Waals surface area (Å²) in [7, 11) is 1.46. The molecule has 0 aliphatic heterocycles. The quantitative estimate of drug-likeness (QED) is 0.290. The van der Waals surface area contributed by atoms with Gasteiger partial charge in [-0.05, 0) is 60.2 Å². The van der Waals surface area contributed by atoms with Gasteiger partial charge in [0.05, 0.1) is 24.5 Å². The fourth-order valence-electron chi connectivity index (χ4n) is 2.32. The molecular formula is C21H16ClN3O4. The van der Waals surface area contributed by atoms with Crippen molar-refractivity contribution >= 4 is 29.7 Å². The molecule has 1 aromatic heterocycles. The van der Waals surface area contributed by atoms with Crippen LogP contribution >= 0.6 is 11.6 Å². The van der Waals surface area contributed by atoms with E-state index in [9.17, 15) is 9.59 Å². The number of carbonyl (C=O) groups is 2. The van der Waals surface area contributed by atoms with Crippen LogP contribution in [-0.2, 0) is 0 Å². The molecule has 0 aliphatic carbocycles. The SMILES string of the molecule is COc1cc(/C=N\NC(=O)c2cccnc2)ccc1OC(=O)c1ccc(Cl)cc1. The van der Waals surface area contributed by atoms with Crippen LogP contribution in [-0.4, -0.2) is 30.2 Å². The summed E-state index contributed by atoms with van der Waals surface area (Å²) < 4.78 is 10.7. The van der Waals surface area contributed by atoms with Crippen LogP contribution in [0.5, 0.6) is 11.5 Å². The van der Waals surface area contributed by atoms with Crippen molar-refractivity contribution in [2.45, 2.75) is 0 Å². The first-order valence-electron chi connectivity index (χ1n) is 8.46. The molecule has 1 N–H and O–H groups in total. The molecule has 0 spiro atoms. The highest BCUT2D eigenvalue weighted by molar-refractivity contribution is 6.30. The number of halogens is 1. The maximum Gasteiger partial charge on any atom is 0.343 e. The first kappa shape index (κ1) is 20.0. The molecule has 3 rings (SSSR count). The Balaban J connectivity index is 1.67. The fourth-order valence-corrected chi connectivity index (χ4v) is 2.45. The molecule has 0 saturated heterocycles. The van der Waals surface area contributed by atoms with Crippen molar-refractivity contribution < 1.29 is 19.1 Å². The molecule has 29 heavy (non-hydrogen) atoms. The van der Waals surface area contributed by atoms with E-state index in [1.807, 2.05) is 0 Å². The number of amides is 1. The first-order chi connectivity index (χ1) is 14.1. The molecule has 0 bridgehead atoms. The van der Waals surface area contributed by atoms with Gasteiger partial charge in [-0.15, -0.1) is 0 Å². The van der Waals surface area contributed by atoms with Crippen LogP contribution < -0.4 is 14.9 Å². The number of rotatable bonds is 6. The number of ether oxygens (including phenoxy) is 2. The van der Waals surface area contributed by atoms with Gasteiger partial charge in [0.15, 0.2) is 11.5 Å². The predicted molar refractivity (Wildman–Crippen MR) is 109 cm³/mol. The minimum Gasteiger partial charge on any atom is -0.493 e. The Morgan fingerprint density at radius 2 is 1.86 bits per heavy atom. The fraction of sp³-hybridized carbons (Fsp3) is 0.0476. The lowest BCUT2D eigenvalue weighted by Gasteiger charge is -2.10. The molecule has 0 radical (unpaired) electrons. The number of carbonyl (C=O) groups excluding carboxylic acids is 2. The van der Waals surface area contributed by atoms with Crippen molar-refractivity contribution in [1.82, 2.24) is 10.4 Å². The molecule has 3 aromatic rings. The number of nitrogens with zero attached hydrogens (tertiary/aromatic N) is 2. The highest BCUT2D eigenvalue weighted by Crippen LogP contribution is 2.28. The van der Waals surface area contributed by atoms with Crippen molar-refractivity contribution in [2.24, 2.45) is 5.10 Å². The number of pyridine rings is 1. The standard InChI is InChI=1S/C21H16ClN3O4/c1-28-19-11-14(12-24-25-20(26)16-3-2-10-23-13-16)4-9-18(19)29-21(27)15-5-7-17(22)8-6-15/h2-13H,1H3,(H,25,26)/b24-12-. The second-order valence-corrected chi connectivity index (χ2v) is 6.18. The van der Waals surface area contributed by atoms with Crippen LogP contribution in [0, 0.1) is 0 Å². The molecular weight excluding hydrogens is 394 g/mol. The number of aromatic nitrogens is 1. The van der Waals surface area contributed by atoms with Gasteiger partial charge in [-0.25, -0.2) is 10.2 Å². The minimum absolute atomic E-state index is 0.254. The number of benzene rings is 2. The zero-order valence-electron chi connectivity index (χ0n) is 15.3. The summed E-state index contributed by atoms with van der Waals surface area (Å²) in [6.07, 6.45) is 4.47. The summed E-state index contributed by atoms with van der Waals surface area (Å²) in [5.41, 5.74) is 3.81. The van der Waals surface area contributed by atoms with Gasteiger partial charge in [-0.2, -0.15) is 5.10 Å². The number of esters is 1. The van der Waals surface area contributed by atoms with Gasteiger partial charge in [0.1, 0.15) is 0 Å². The third-order valence-electron chi connectivity index (χ3n) is 3.77. The van der Waals surface area contributed by atoms with Crippen LogP contribution in [0.25, 0.3) is 0 Å². The van der Waals surface area contributed by atoms with E-state index in [0.717, 1.165) is 0 Å². The molecule has 1 amide bonds. The van der Waals surface area contributed by atoms with E-state index in [4.69, 9.17) is 21.1 Å². The van der Waals surface area contributed by atoms with E-state index in [0.29, 0.717) is 27.5 Å². The summed E-state index contributed by atoms with van der Waals surface area (Å²) in [5.74, 6) is -0.321. The number of nitrogens with one attached hydrogen (secondary N) is 1. The average molecular weight is 410 g/mol. The summed E-state index contributed by atoms with van der Waals surface area (Å²) in [4.78, 5) is 28.1. The maximum absolute atomic E-state index is 12.3. The van der Waals surface area contributed by atoms with Gasteiger partial charge < -0.3 is 9.47 Å². The van der Waals surface area contributed by atoms with E-state index in [-0.39, 0.29) is 11.7 Å². The van der Waals surface area contributed by atoms with Crippen molar-refractivity contribution in [3.05, 3.63) is 88.7 Å². The highest BCUT2D eigenvalue weighted by atomic mass is 35.5. The van der Waals surface area contributed by atoms with Gasteiger partial charge >= 0.3 is 5.97 Å². The molecule has 7 nitrogen and oxygen atoms in total. The Morgan fingerprint density at radius 3 is 2.55 bits per heavy atom. The molecule has 0 atom stereocenters. The first-order valence-corrected chi connectivity index (χ1v) is 8.84. The Bertz CT molecular complexity index is 1040. The average Bonchev–Trinajstić information content (AvgIpc) is 2.75. The third-order valence-corrected chi connectivity index (χ3v) is 4.03. The molecule has 0 unspecified atom stereocenters. The number of hydrazone groups is 1. The number of hydrogen-bond donors (Lipinski definition) is 1. The molecule has 0 saturated carbocycles. The topological polar surface area (TPSA) is 89.9 Å². The normalized spacial score (nSPS) is 10.6. The second kappa shape index (κ2) is 9.48. The van der Waals surface area contributed by atoms with Gasteiger partial charge in [0, 0.05) is 17.4 Å². The second-order valence-electron chi connectivity index (χ2n) is 5.75. The van der Waals surface area contributed by atoms with E-state index >= 15 is 0 Å². The van der Waals surface area contributed by atoms with Crippen molar-refractivity contribution in [3.8, 4) is 11.5 Å². The smallest absolute Gasteiger partial charge is 0.343 e. The molecule has 0 fully saturated rings. The van der Waals surface area contributed by atoms with E-state index in [1.165, 1.54) is 19.5 Å². The van der Waals surface area contributed by atoms with E-state index in [1.54, 1.807) is 60.8 Å². The Labute approximate surface area is 171 Å².